The summed E-state index contributed by atoms with van der Waals surface area (Å²) in [5, 5.41) is 3.49. The molecular weight excluding hydrogens is 316 g/mol. The number of hydrogen-bond donors (Lipinski definition) is 1. The van der Waals surface area contributed by atoms with Crippen LogP contribution in [0.15, 0.2) is 28.7 Å². The smallest absolute Gasteiger partial charge is 0.222 e. The lowest BCUT2D eigenvalue weighted by Gasteiger charge is -2.24. The summed E-state index contributed by atoms with van der Waals surface area (Å²) in [5.74, 6) is 0.234. The number of benzene rings is 1. The average Bonchev–Trinajstić information content (AvgIpc) is 2.46. The van der Waals surface area contributed by atoms with Crippen molar-refractivity contribution in [1.29, 1.82) is 0 Å². The van der Waals surface area contributed by atoms with E-state index < -0.39 is 0 Å². The van der Waals surface area contributed by atoms with E-state index in [9.17, 15) is 4.79 Å². The molecule has 4 heteroatoms. The number of amides is 1. The van der Waals surface area contributed by atoms with Crippen molar-refractivity contribution < 1.29 is 4.79 Å². The number of carbonyl (C=O) groups is 1. The van der Waals surface area contributed by atoms with Crippen LogP contribution in [0.5, 0.6) is 0 Å². The first-order valence-electron chi connectivity index (χ1n) is 7.37. The van der Waals surface area contributed by atoms with Crippen molar-refractivity contribution in [2.45, 2.75) is 44.7 Å². The van der Waals surface area contributed by atoms with Crippen molar-refractivity contribution in [3.05, 3.63) is 34.3 Å². The number of halogens is 1. The molecule has 1 unspecified atom stereocenters. The second-order valence-electron chi connectivity index (χ2n) is 5.57. The molecule has 1 aromatic carbocycles. The summed E-state index contributed by atoms with van der Waals surface area (Å²) < 4.78 is 1.06. The Labute approximate surface area is 129 Å². The van der Waals surface area contributed by atoms with Gasteiger partial charge in [-0.3, -0.25) is 4.79 Å². The van der Waals surface area contributed by atoms with Crippen LogP contribution in [0.3, 0.4) is 0 Å². The largest absolute Gasteiger partial charge is 0.341 e. The molecule has 0 bridgehead atoms. The maximum absolute atomic E-state index is 12.2. The molecule has 1 amide bonds. The van der Waals surface area contributed by atoms with Gasteiger partial charge in [0.15, 0.2) is 0 Å². The Hall–Kier alpha value is -0.870. The third kappa shape index (κ3) is 4.91. The van der Waals surface area contributed by atoms with Gasteiger partial charge in [0.05, 0.1) is 0 Å². The highest BCUT2D eigenvalue weighted by Gasteiger charge is 2.16. The van der Waals surface area contributed by atoms with Gasteiger partial charge in [0.1, 0.15) is 0 Å². The highest BCUT2D eigenvalue weighted by molar-refractivity contribution is 9.10. The van der Waals surface area contributed by atoms with Crippen molar-refractivity contribution in [2.75, 3.05) is 13.6 Å². The van der Waals surface area contributed by atoms with Gasteiger partial charge in [0.2, 0.25) is 5.91 Å². The molecule has 20 heavy (non-hydrogen) atoms. The van der Waals surface area contributed by atoms with Crippen LogP contribution in [0, 0.1) is 0 Å². The summed E-state index contributed by atoms with van der Waals surface area (Å²) in [4.78, 5) is 14.0. The minimum absolute atomic E-state index is 0.234. The van der Waals surface area contributed by atoms with Gasteiger partial charge >= 0.3 is 0 Å². The highest BCUT2D eigenvalue weighted by atomic mass is 79.9. The number of nitrogens with zero attached hydrogens (tertiary/aromatic N) is 1. The third-order valence-corrected chi connectivity index (χ3v) is 4.35. The Bertz CT molecular complexity index is 444. The molecule has 0 saturated carbocycles. The van der Waals surface area contributed by atoms with E-state index in [0.29, 0.717) is 19.0 Å². The minimum atomic E-state index is 0.234. The first kappa shape index (κ1) is 15.5. The molecule has 1 aromatic rings. The van der Waals surface area contributed by atoms with Crippen molar-refractivity contribution >= 4 is 21.8 Å². The van der Waals surface area contributed by atoms with E-state index >= 15 is 0 Å². The van der Waals surface area contributed by atoms with Gasteiger partial charge < -0.3 is 10.2 Å². The molecule has 0 aromatic heterocycles. The van der Waals surface area contributed by atoms with E-state index in [-0.39, 0.29) is 5.91 Å². The summed E-state index contributed by atoms with van der Waals surface area (Å²) in [7, 11) is 1.89. The summed E-state index contributed by atoms with van der Waals surface area (Å²) >= 11 is 3.46. The molecular formula is C16H23BrN2O. The molecule has 1 aliphatic heterocycles. The fourth-order valence-electron chi connectivity index (χ4n) is 2.66. The first-order chi connectivity index (χ1) is 9.65. The molecule has 1 atom stereocenters. The van der Waals surface area contributed by atoms with Gasteiger partial charge in [-0.25, -0.2) is 0 Å². The lowest BCUT2D eigenvalue weighted by molar-refractivity contribution is -0.130. The van der Waals surface area contributed by atoms with E-state index in [2.05, 4.69) is 33.4 Å². The second-order valence-corrected chi connectivity index (χ2v) is 6.48. The number of carbonyl (C=O) groups excluding carboxylic acids is 1. The number of rotatable bonds is 5. The van der Waals surface area contributed by atoms with Crippen LogP contribution < -0.4 is 5.32 Å². The van der Waals surface area contributed by atoms with Crippen LogP contribution in [-0.2, 0) is 11.3 Å². The quantitative estimate of drug-likeness (QED) is 0.892. The predicted octanol–water partition coefficient (Wildman–Crippen LogP) is 3.33. The fourth-order valence-corrected chi connectivity index (χ4v) is 3.10. The Morgan fingerprint density at radius 1 is 1.45 bits per heavy atom. The number of piperidine rings is 1. The van der Waals surface area contributed by atoms with Crippen LogP contribution in [0.25, 0.3) is 0 Å². The summed E-state index contributed by atoms with van der Waals surface area (Å²) in [6.45, 7) is 1.78. The van der Waals surface area contributed by atoms with Gasteiger partial charge in [0.25, 0.3) is 0 Å². The summed E-state index contributed by atoms with van der Waals surface area (Å²) in [6.07, 6.45) is 5.37. The molecule has 1 heterocycles. The topological polar surface area (TPSA) is 32.3 Å². The van der Waals surface area contributed by atoms with Crippen molar-refractivity contribution in [1.82, 2.24) is 10.2 Å². The van der Waals surface area contributed by atoms with E-state index in [0.717, 1.165) is 23.0 Å². The molecule has 110 valence electrons. The van der Waals surface area contributed by atoms with E-state index in [1.54, 1.807) is 0 Å². The molecule has 1 saturated heterocycles. The monoisotopic (exact) mass is 338 g/mol. The van der Waals surface area contributed by atoms with Crippen molar-refractivity contribution in [3.63, 3.8) is 0 Å². The Balaban J connectivity index is 1.76. The summed E-state index contributed by atoms with van der Waals surface area (Å²) in [6, 6.07) is 8.65. The maximum atomic E-state index is 12.2. The minimum Gasteiger partial charge on any atom is -0.341 e. The molecule has 1 aliphatic rings. The molecule has 0 radical (unpaired) electrons. The number of nitrogens with one attached hydrogen (secondary N) is 1. The predicted molar refractivity (Wildman–Crippen MR) is 85.5 cm³/mol. The van der Waals surface area contributed by atoms with Crippen molar-refractivity contribution in [3.8, 4) is 0 Å². The zero-order valence-corrected chi connectivity index (χ0v) is 13.7. The van der Waals surface area contributed by atoms with Gasteiger partial charge in [-0.15, -0.1) is 0 Å². The molecule has 3 nitrogen and oxygen atoms in total. The molecule has 0 aliphatic carbocycles. The lowest BCUT2D eigenvalue weighted by Crippen LogP contribution is -2.35. The first-order valence-corrected chi connectivity index (χ1v) is 8.16. The third-order valence-electron chi connectivity index (χ3n) is 3.85. The SMILES string of the molecule is CN(Cc1cccc(Br)c1)C(=O)CCC1CCCCN1. The van der Waals surface area contributed by atoms with Crippen LogP contribution >= 0.6 is 15.9 Å². The van der Waals surface area contributed by atoms with E-state index in [1.807, 2.05) is 24.1 Å². The van der Waals surface area contributed by atoms with E-state index in [1.165, 1.54) is 19.3 Å². The second kappa shape index (κ2) is 7.79. The van der Waals surface area contributed by atoms with Crippen LogP contribution in [0.4, 0.5) is 0 Å². The van der Waals surface area contributed by atoms with Crippen LogP contribution in [0.2, 0.25) is 0 Å². The molecule has 2 rings (SSSR count). The van der Waals surface area contributed by atoms with Crippen molar-refractivity contribution in [2.24, 2.45) is 0 Å². The van der Waals surface area contributed by atoms with E-state index in [4.69, 9.17) is 0 Å². The Morgan fingerprint density at radius 2 is 2.30 bits per heavy atom. The van der Waals surface area contributed by atoms with Crippen LogP contribution in [0.1, 0.15) is 37.7 Å². The van der Waals surface area contributed by atoms with Gasteiger partial charge in [-0.05, 0) is 43.5 Å². The lowest BCUT2D eigenvalue weighted by atomic mass is 10.0. The molecule has 1 fully saturated rings. The average molecular weight is 339 g/mol. The maximum Gasteiger partial charge on any atom is 0.222 e. The standard InChI is InChI=1S/C16H23BrN2O/c1-19(12-13-5-4-6-14(17)11-13)16(20)9-8-15-7-2-3-10-18-15/h4-6,11,15,18H,2-3,7-10,12H2,1H3. The normalized spacial score (nSPS) is 18.8. The number of hydrogen-bond acceptors (Lipinski definition) is 2. The summed E-state index contributed by atoms with van der Waals surface area (Å²) in [5.41, 5.74) is 1.16. The van der Waals surface area contributed by atoms with Gasteiger partial charge in [0, 0.05) is 30.5 Å². The zero-order valence-electron chi connectivity index (χ0n) is 12.1. The van der Waals surface area contributed by atoms with Gasteiger partial charge in [-0.1, -0.05) is 34.5 Å². The highest BCUT2D eigenvalue weighted by Crippen LogP contribution is 2.15. The Kier molecular flexibility index (Phi) is 6.05. The molecule has 1 N–H and O–H groups in total. The van der Waals surface area contributed by atoms with Crippen LogP contribution in [-0.4, -0.2) is 30.4 Å². The molecule has 0 spiro atoms. The Morgan fingerprint density at radius 3 is 3.00 bits per heavy atom. The fraction of sp³-hybridized carbons (Fsp3) is 0.562. The zero-order chi connectivity index (χ0) is 14.4. The van der Waals surface area contributed by atoms with Gasteiger partial charge in [-0.2, -0.15) is 0 Å².